The molecule has 2 aliphatic rings. The summed E-state index contributed by atoms with van der Waals surface area (Å²) in [7, 11) is -1.88. The second-order valence-corrected chi connectivity index (χ2v) is 8.23. The zero-order chi connectivity index (χ0) is 15.9. The first kappa shape index (κ1) is 15.8. The van der Waals surface area contributed by atoms with Gasteiger partial charge in [0.25, 0.3) is 0 Å². The lowest BCUT2D eigenvalue weighted by molar-refractivity contribution is 0.345. The van der Waals surface area contributed by atoms with E-state index in [0.29, 0.717) is 17.0 Å². The van der Waals surface area contributed by atoms with Gasteiger partial charge in [0.2, 0.25) is 10.0 Å². The first-order valence-electron chi connectivity index (χ1n) is 7.82. The maximum Gasteiger partial charge on any atom is 0.240 e. The van der Waals surface area contributed by atoms with Crippen LogP contribution in [0.15, 0.2) is 17.0 Å². The summed E-state index contributed by atoms with van der Waals surface area (Å²) in [6, 6.07) is 4.33. The molecule has 0 spiro atoms. The second-order valence-electron chi connectivity index (χ2n) is 6.52. The lowest BCUT2D eigenvalue weighted by atomic mass is 10.0. The third kappa shape index (κ3) is 3.00. The number of ether oxygens (including phenoxy) is 1. The minimum absolute atomic E-state index is 0.0338. The Hall–Kier alpha value is -1.11. The minimum atomic E-state index is -3.48. The largest absolute Gasteiger partial charge is 0.496 e. The highest BCUT2D eigenvalue weighted by Crippen LogP contribution is 2.29. The molecule has 2 bridgehead atoms. The third-order valence-electron chi connectivity index (χ3n) is 4.74. The molecule has 0 radical (unpaired) electrons. The monoisotopic (exact) mass is 324 g/mol. The fourth-order valence-electron chi connectivity index (χ4n) is 3.83. The second kappa shape index (κ2) is 5.83. The van der Waals surface area contributed by atoms with Gasteiger partial charge < -0.3 is 10.1 Å². The van der Waals surface area contributed by atoms with E-state index in [1.54, 1.807) is 19.2 Å². The third-order valence-corrected chi connectivity index (χ3v) is 6.24. The van der Waals surface area contributed by atoms with Crippen molar-refractivity contribution in [2.45, 2.75) is 62.6 Å². The molecular formula is C16H24N2O3S. The average Bonchev–Trinajstić information content (AvgIpc) is 2.77. The van der Waals surface area contributed by atoms with Crippen molar-refractivity contribution in [2.75, 3.05) is 7.11 Å². The quantitative estimate of drug-likeness (QED) is 0.887. The fraction of sp³-hybridized carbons (Fsp3) is 0.625. The van der Waals surface area contributed by atoms with E-state index in [1.807, 2.05) is 13.8 Å². The standard InChI is InChI=1S/C16H24N2O3S/c1-10-6-15(7-11(2)16(10)21-3)22(19,20)18-14-8-12-4-5-13(9-14)17-12/h6-7,12-14,17-18H,4-5,8-9H2,1-3H3. The number of fused-ring (bicyclic) bond motifs is 2. The summed E-state index contributed by atoms with van der Waals surface area (Å²) in [4.78, 5) is 0.328. The Balaban J connectivity index is 1.81. The summed E-state index contributed by atoms with van der Waals surface area (Å²) >= 11 is 0. The van der Waals surface area contributed by atoms with Gasteiger partial charge in [-0.1, -0.05) is 0 Å². The summed E-state index contributed by atoms with van der Waals surface area (Å²) in [6.07, 6.45) is 4.07. The molecule has 2 N–H and O–H groups in total. The number of hydrogen-bond donors (Lipinski definition) is 2. The molecule has 0 aliphatic carbocycles. The van der Waals surface area contributed by atoms with Crippen LogP contribution in [0.5, 0.6) is 5.75 Å². The number of methoxy groups -OCH3 is 1. The number of sulfonamides is 1. The van der Waals surface area contributed by atoms with E-state index in [0.717, 1.165) is 42.6 Å². The number of nitrogens with one attached hydrogen (secondary N) is 2. The molecule has 0 amide bonds. The molecule has 5 nitrogen and oxygen atoms in total. The van der Waals surface area contributed by atoms with Crippen LogP contribution in [0.2, 0.25) is 0 Å². The normalized spacial score (nSPS) is 27.9. The highest BCUT2D eigenvalue weighted by Gasteiger charge is 2.35. The number of benzene rings is 1. The lowest BCUT2D eigenvalue weighted by Gasteiger charge is -2.29. The average molecular weight is 324 g/mol. The van der Waals surface area contributed by atoms with Gasteiger partial charge in [0.15, 0.2) is 0 Å². The smallest absolute Gasteiger partial charge is 0.240 e. The predicted octanol–water partition coefficient (Wildman–Crippen LogP) is 1.87. The Labute approximate surface area is 132 Å². The van der Waals surface area contributed by atoms with Gasteiger partial charge in [-0.05, 0) is 62.8 Å². The van der Waals surface area contributed by atoms with Crippen LogP contribution in [0.4, 0.5) is 0 Å². The molecule has 122 valence electrons. The van der Waals surface area contributed by atoms with Crippen LogP contribution in [0.25, 0.3) is 0 Å². The summed E-state index contributed by atoms with van der Waals surface area (Å²) in [5, 5.41) is 3.53. The molecule has 1 aromatic carbocycles. The van der Waals surface area contributed by atoms with Gasteiger partial charge in [-0.25, -0.2) is 13.1 Å². The maximum atomic E-state index is 12.7. The molecule has 3 rings (SSSR count). The van der Waals surface area contributed by atoms with Crippen molar-refractivity contribution in [1.29, 1.82) is 0 Å². The predicted molar refractivity (Wildman–Crippen MR) is 85.8 cm³/mol. The molecule has 2 fully saturated rings. The van der Waals surface area contributed by atoms with Gasteiger partial charge in [-0.2, -0.15) is 0 Å². The van der Waals surface area contributed by atoms with E-state index in [4.69, 9.17) is 4.74 Å². The summed E-state index contributed by atoms with van der Waals surface area (Å²) in [5.41, 5.74) is 1.68. The molecule has 2 saturated heterocycles. The number of rotatable bonds is 4. The van der Waals surface area contributed by atoms with Crippen molar-refractivity contribution in [3.8, 4) is 5.75 Å². The van der Waals surface area contributed by atoms with Crippen molar-refractivity contribution < 1.29 is 13.2 Å². The van der Waals surface area contributed by atoms with E-state index in [-0.39, 0.29) is 6.04 Å². The molecule has 0 saturated carbocycles. The summed E-state index contributed by atoms with van der Waals surface area (Å²) < 4.78 is 33.5. The van der Waals surface area contributed by atoms with E-state index in [9.17, 15) is 8.42 Å². The van der Waals surface area contributed by atoms with Crippen LogP contribution in [0.1, 0.15) is 36.8 Å². The van der Waals surface area contributed by atoms with Crippen LogP contribution in [0, 0.1) is 13.8 Å². The summed E-state index contributed by atoms with van der Waals surface area (Å²) in [6.45, 7) is 3.74. The zero-order valence-electron chi connectivity index (χ0n) is 13.3. The first-order valence-corrected chi connectivity index (χ1v) is 9.31. The van der Waals surface area contributed by atoms with Crippen molar-refractivity contribution in [3.05, 3.63) is 23.3 Å². The van der Waals surface area contributed by atoms with E-state index in [2.05, 4.69) is 10.0 Å². The zero-order valence-corrected chi connectivity index (χ0v) is 14.2. The van der Waals surface area contributed by atoms with E-state index in [1.165, 1.54) is 0 Å². The van der Waals surface area contributed by atoms with Crippen LogP contribution in [0.3, 0.4) is 0 Å². The van der Waals surface area contributed by atoms with Crippen LogP contribution in [-0.2, 0) is 10.0 Å². The van der Waals surface area contributed by atoms with Gasteiger partial charge in [-0.15, -0.1) is 0 Å². The maximum absolute atomic E-state index is 12.7. The molecule has 22 heavy (non-hydrogen) atoms. The van der Waals surface area contributed by atoms with Crippen LogP contribution < -0.4 is 14.8 Å². The Morgan fingerprint density at radius 3 is 2.18 bits per heavy atom. The first-order chi connectivity index (χ1) is 10.4. The van der Waals surface area contributed by atoms with Gasteiger partial charge in [0.1, 0.15) is 5.75 Å². The highest BCUT2D eigenvalue weighted by molar-refractivity contribution is 7.89. The topological polar surface area (TPSA) is 67.4 Å². The van der Waals surface area contributed by atoms with Crippen molar-refractivity contribution in [3.63, 3.8) is 0 Å². The van der Waals surface area contributed by atoms with Crippen LogP contribution >= 0.6 is 0 Å². The Bertz CT molecular complexity index is 637. The Kier molecular flexibility index (Phi) is 4.18. The molecule has 2 heterocycles. The van der Waals surface area contributed by atoms with Gasteiger partial charge in [0.05, 0.1) is 12.0 Å². The molecule has 2 aliphatic heterocycles. The van der Waals surface area contributed by atoms with Gasteiger partial charge in [0, 0.05) is 18.1 Å². The summed E-state index contributed by atoms with van der Waals surface area (Å²) in [5.74, 6) is 0.749. The lowest BCUT2D eigenvalue weighted by Crippen LogP contribution is -2.47. The SMILES string of the molecule is COc1c(C)cc(S(=O)(=O)NC2CC3CCC(C2)N3)cc1C. The number of hydrogen-bond acceptors (Lipinski definition) is 4. The van der Waals surface area contributed by atoms with E-state index >= 15 is 0 Å². The number of aryl methyl sites for hydroxylation is 2. The van der Waals surface area contributed by atoms with Crippen molar-refractivity contribution in [2.24, 2.45) is 0 Å². The van der Waals surface area contributed by atoms with Crippen LogP contribution in [-0.4, -0.2) is 33.7 Å². The molecule has 6 heteroatoms. The molecule has 1 aromatic rings. The molecular weight excluding hydrogens is 300 g/mol. The molecule has 2 atom stereocenters. The van der Waals surface area contributed by atoms with E-state index < -0.39 is 10.0 Å². The Morgan fingerprint density at radius 2 is 1.68 bits per heavy atom. The number of piperidine rings is 1. The van der Waals surface area contributed by atoms with Crippen molar-refractivity contribution >= 4 is 10.0 Å². The Morgan fingerprint density at radius 1 is 1.14 bits per heavy atom. The minimum Gasteiger partial charge on any atom is -0.496 e. The molecule has 0 aromatic heterocycles. The van der Waals surface area contributed by atoms with Gasteiger partial charge in [-0.3, -0.25) is 0 Å². The van der Waals surface area contributed by atoms with Gasteiger partial charge >= 0.3 is 0 Å². The fourth-order valence-corrected chi connectivity index (χ4v) is 5.26. The molecule has 2 unspecified atom stereocenters. The van der Waals surface area contributed by atoms with Crippen molar-refractivity contribution in [1.82, 2.24) is 10.0 Å². The highest BCUT2D eigenvalue weighted by atomic mass is 32.2.